The lowest BCUT2D eigenvalue weighted by atomic mass is 9.91. The number of rotatable bonds is 5. The van der Waals surface area contributed by atoms with Crippen LogP contribution in [0.15, 0.2) is 34.9 Å². The highest BCUT2D eigenvalue weighted by molar-refractivity contribution is 6.11. The maximum absolute atomic E-state index is 12.3. The predicted molar refractivity (Wildman–Crippen MR) is 101 cm³/mol. The predicted octanol–water partition coefficient (Wildman–Crippen LogP) is 1.88. The summed E-state index contributed by atoms with van der Waals surface area (Å²) in [5.41, 5.74) is 1.61. The summed E-state index contributed by atoms with van der Waals surface area (Å²) in [6.07, 6.45) is 0.657. The number of nitrogens with one attached hydrogen (secondary N) is 2. The van der Waals surface area contributed by atoms with E-state index in [1.807, 2.05) is 12.1 Å². The summed E-state index contributed by atoms with van der Waals surface area (Å²) in [6.45, 7) is 0.869. The van der Waals surface area contributed by atoms with Crippen molar-refractivity contribution < 1.29 is 23.6 Å². The van der Waals surface area contributed by atoms with E-state index in [1.165, 1.54) is 0 Å². The minimum absolute atomic E-state index is 0.185. The maximum atomic E-state index is 12.3. The molecule has 28 heavy (non-hydrogen) atoms. The second-order valence-corrected chi connectivity index (χ2v) is 6.69. The first kappa shape index (κ1) is 18.1. The molecule has 0 radical (unpaired) electrons. The van der Waals surface area contributed by atoms with E-state index in [0.29, 0.717) is 36.4 Å². The molecule has 3 aromatic rings. The van der Waals surface area contributed by atoms with Crippen molar-refractivity contribution in [2.24, 2.45) is 0 Å². The summed E-state index contributed by atoms with van der Waals surface area (Å²) in [4.78, 5) is 36.0. The number of hydrogen-bond acceptors (Lipinski definition) is 6. The van der Waals surface area contributed by atoms with Gasteiger partial charge >= 0.3 is 0 Å². The van der Waals surface area contributed by atoms with Crippen LogP contribution < -0.4 is 10.6 Å². The molecule has 0 bridgehead atoms. The molecule has 0 unspecified atom stereocenters. The van der Waals surface area contributed by atoms with Gasteiger partial charge in [-0.15, -0.1) is 0 Å². The van der Waals surface area contributed by atoms with Crippen molar-refractivity contribution in [2.75, 3.05) is 20.3 Å². The first-order valence-corrected chi connectivity index (χ1v) is 9.01. The van der Waals surface area contributed by atoms with Gasteiger partial charge in [0.15, 0.2) is 5.58 Å². The molecule has 1 aliphatic rings. The lowest BCUT2D eigenvalue weighted by Gasteiger charge is -2.19. The van der Waals surface area contributed by atoms with E-state index in [4.69, 9.17) is 9.26 Å². The number of imide groups is 1. The molecule has 8 nitrogen and oxygen atoms in total. The van der Waals surface area contributed by atoms with Crippen molar-refractivity contribution in [2.45, 2.75) is 18.8 Å². The first-order valence-electron chi connectivity index (χ1n) is 9.01. The minimum atomic E-state index is -0.540. The summed E-state index contributed by atoms with van der Waals surface area (Å²) in [5.74, 6) is -1.36. The molecule has 1 aliphatic heterocycles. The number of amides is 3. The average molecular weight is 381 g/mol. The number of carbonyl (C=O) groups excluding carboxylic acids is 3. The SMILES string of the molecule is COCCNC(=O)c1ccc2c(ccc3onc([C@H]4CCC(=O)NC4=O)c32)c1. The zero-order valence-electron chi connectivity index (χ0n) is 15.3. The first-order chi connectivity index (χ1) is 13.6. The normalized spacial score (nSPS) is 17.1. The molecule has 2 heterocycles. The summed E-state index contributed by atoms with van der Waals surface area (Å²) >= 11 is 0. The van der Waals surface area contributed by atoms with Crippen molar-refractivity contribution >= 4 is 39.5 Å². The third-order valence-electron chi connectivity index (χ3n) is 4.90. The third-order valence-corrected chi connectivity index (χ3v) is 4.90. The Morgan fingerprint density at radius 3 is 2.96 bits per heavy atom. The van der Waals surface area contributed by atoms with Crippen molar-refractivity contribution in [1.82, 2.24) is 15.8 Å². The van der Waals surface area contributed by atoms with Crippen LogP contribution in [0, 0.1) is 0 Å². The number of aromatic nitrogens is 1. The Hall–Kier alpha value is -3.26. The van der Waals surface area contributed by atoms with Crippen LogP contribution in [0.2, 0.25) is 0 Å². The molecular formula is C20H19N3O5. The Morgan fingerprint density at radius 2 is 2.18 bits per heavy atom. The van der Waals surface area contributed by atoms with E-state index in [2.05, 4.69) is 15.8 Å². The monoisotopic (exact) mass is 381 g/mol. The molecule has 1 fully saturated rings. The molecule has 0 spiro atoms. The van der Waals surface area contributed by atoms with Crippen LogP contribution in [0.25, 0.3) is 21.7 Å². The standard InChI is InChI=1S/C20H19N3O5/c1-27-9-8-21-19(25)12-2-4-13-11(10-12)3-6-15-17(13)18(23-28-15)14-5-7-16(24)22-20(14)26/h2-4,6,10,14H,5,7-9H2,1H3,(H,21,25)(H,22,24,26)/t14-/m1/s1. The number of carbonyl (C=O) groups is 3. The second-order valence-electron chi connectivity index (χ2n) is 6.69. The Bertz CT molecular complexity index is 1090. The highest BCUT2D eigenvalue weighted by atomic mass is 16.5. The van der Waals surface area contributed by atoms with Crippen molar-refractivity contribution in [3.05, 3.63) is 41.6 Å². The van der Waals surface area contributed by atoms with Crippen molar-refractivity contribution in [3.63, 3.8) is 0 Å². The van der Waals surface area contributed by atoms with Crippen LogP contribution in [-0.4, -0.2) is 43.1 Å². The lowest BCUT2D eigenvalue weighted by Crippen LogP contribution is -2.39. The second kappa shape index (κ2) is 7.40. The topological polar surface area (TPSA) is 111 Å². The van der Waals surface area contributed by atoms with Gasteiger partial charge in [0.1, 0.15) is 5.69 Å². The van der Waals surface area contributed by atoms with E-state index in [9.17, 15) is 14.4 Å². The number of nitrogens with zero attached hydrogens (tertiary/aromatic N) is 1. The number of ether oxygens (including phenoxy) is 1. The third kappa shape index (κ3) is 3.22. The zero-order chi connectivity index (χ0) is 19.7. The van der Waals surface area contributed by atoms with Gasteiger partial charge in [0.05, 0.1) is 17.9 Å². The van der Waals surface area contributed by atoms with E-state index >= 15 is 0 Å². The quantitative estimate of drug-likeness (QED) is 0.516. The Morgan fingerprint density at radius 1 is 1.32 bits per heavy atom. The molecule has 1 saturated heterocycles. The van der Waals surface area contributed by atoms with E-state index in [-0.39, 0.29) is 24.1 Å². The molecule has 3 amide bonds. The minimum Gasteiger partial charge on any atom is -0.383 e. The Kier molecular flexibility index (Phi) is 4.79. The van der Waals surface area contributed by atoms with Crippen LogP contribution in [-0.2, 0) is 14.3 Å². The lowest BCUT2D eigenvalue weighted by molar-refractivity contribution is -0.134. The van der Waals surface area contributed by atoms with Gasteiger partial charge in [-0.3, -0.25) is 19.7 Å². The molecule has 1 atom stereocenters. The molecule has 0 saturated carbocycles. The van der Waals surface area contributed by atoms with Gasteiger partial charge in [0.2, 0.25) is 11.8 Å². The smallest absolute Gasteiger partial charge is 0.251 e. The number of methoxy groups -OCH3 is 1. The average Bonchev–Trinajstić information content (AvgIpc) is 3.12. The fourth-order valence-corrected chi connectivity index (χ4v) is 3.50. The molecule has 2 N–H and O–H groups in total. The molecule has 0 aliphatic carbocycles. The zero-order valence-corrected chi connectivity index (χ0v) is 15.3. The number of hydrogen-bond donors (Lipinski definition) is 2. The molecule has 4 rings (SSSR count). The molecule has 2 aromatic carbocycles. The summed E-state index contributed by atoms with van der Waals surface area (Å²) in [5, 5.41) is 11.7. The van der Waals surface area contributed by atoms with Crippen molar-refractivity contribution in [3.8, 4) is 0 Å². The Balaban J connectivity index is 1.73. The molecule has 144 valence electrons. The summed E-state index contributed by atoms with van der Waals surface area (Å²) in [7, 11) is 1.58. The van der Waals surface area contributed by atoms with Crippen LogP contribution >= 0.6 is 0 Å². The van der Waals surface area contributed by atoms with Crippen LogP contribution in [0.3, 0.4) is 0 Å². The van der Waals surface area contributed by atoms with E-state index in [1.54, 1.807) is 25.3 Å². The number of benzene rings is 2. The van der Waals surface area contributed by atoms with Crippen molar-refractivity contribution in [1.29, 1.82) is 0 Å². The van der Waals surface area contributed by atoms with Gasteiger partial charge in [0.25, 0.3) is 5.91 Å². The largest absolute Gasteiger partial charge is 0.383 e. The van der Waals surface area contributed by atoms with E-state index in [0.717, 1.165) is 16.2 Å². The van der Waals surface area contributed by atoms with Gasteiger partial charge < -0.3 is 14.6 Å². The van der Waals surface area contributed by atoms with E-state index < -0.39 is 5.92 Å². The van der Waals surface area contributed by atoms with Crippen LogP contribution in [0.4, 0.5) is 0 Å². The number of fused-ring (bicyclic) bond motifs is 3. The van der Waals surface area contributed by atoms with Gasteiger partial charge in [-0.1, -0.05) is 17.3 Å². The van der Waals surface area contributed by atoms with Gasteiger partial charge in [-0.2, -0.15) is 0 Å². The van der Waals surface area contributed by atoms with Gasteiger partial charge in [0, 0.05) is 25.6 Å². The summed E-state index contributed by atoms with van der Waals surface area (Å²) in [6, 6.07) is 8.97. The highest BCUT2D eigenvalue weighted by Gasteiger charge is 2.32. The van der Waals surface area contributed by atoms with Crippen LogP contribution in [0.1, 0.15) is 34.8 Å². The van der Waals surface area contributed by atoms with Gasteiger partial charge in [-0.25, -0.2) is 0 Å². The summed E-state index contributed by atoms with van der Waals surface area (Å²) < 4.78 is 10.4. The fourth-order valence-electron chi connectivity index (χ4n) is 3.50. The van der Waals surface area contributed by atoms with Gasteiger partial charge in [-0.05, 0) is 35.4 Å². The number of piperidine rings is 1. The van der Waals surface area contributed by atoms with Crippen LogP contribution in [0.5, 0.6) is 0 Å². The molecule has 8 heteroatoms. The highest BCUT2D eigenvalue weighted by Crippen LogP contribution is 2.35. The maximum Gasteiger partial charge on any atom is 0.251 e. The Labute approximate surface area is 160 Å². The molecular weight excluding hydrogens is 362 g/mol. The fraction of sp³-hybridized carbons (Fsp3) is 0.300. The molecule has 1 aromatic heterocycles.